The van der Waals surface area contributed by atoms with Crippen LogP contribution in [0.25, 0.3) is 0 Å². The van der Waals surface area contributed by atoms with E-state index < -0.39 is 42.3 Å². The van der Waals surface area contributed by atoms with E-state index in [1.807, 2.05) is 91.0 Å². The van der Waals surface area contributed by atoms with Gasteiger partial charge < -0.3 is 29.2 Å². The van der Waals surface area contributed by atoms with E-state index in [1.165, 1.54) is 13.2 Å². The van der Waals surface area contributed by atoms with Crippen LogP contribution in [0.15, 0.2) is 115 Å². The molecule has 1 heterocycles. The summed E-state index contributed by atoms with van der Waals surface area (Å²) in [5.41, 5.74) is 1.68. The van der Waals surface area contributed by atoms with E-state index in [2.05, 4.69) is 0 Å². The Kier molecular flexibility index (Phi) is 9.15. The van der Waals surface area contributed by atoms with E-state index in [-0.39, 0.29) is 17.2 Å². The first kappa shape index (κ1) is 29.0. The number of rotatable bonds is 9. The second-order valence-electron chi connectivity index (χ2n) is 9.70. The average molecular weight is 575 g/mol. The lowest BCUT2D eigenvalue weighted by Gasteiger charge is -2.43. The third-order valence-electron chi connectivity index (χ3n) is 7.22. The zero-order valence-electron chi connectivity index (χ0n) is 22.4. The summed E-state index contributed by atoms with van der Waals surface area (Å²) in [5, 5.41) is 22.4. The Labute approximate surface area is 243 Å². The van der Waals surface area contributed by atoms with Gasteiger partial charge in [0.15, 0.2) is 12.4 Å². The number of carbonyl (C=O) groups is 1. The largest absolute Gasteiger partial charge is 0.450 e. The number of halogens is 1. The molecular formula is C33H31ClO7. The molecule has 5 rings (SSSR count). The summed E-state index contributed by atoms with van der Waals surface area (Å²) < 4.78 is 23.8. The van der Waals surface area contributed by atoms with E-state index in [0.29, 0.717) is 0 Å². The van der Waals surface area contributed by atoms with Crippen molar-refractivity contribution >= 4 is 17.6 Å². The molecule has 2 N–H and O–H groups in total. The number of methoxy groups -OCH3 is 1. The minimum Gasteiger partial charge on any atom is -0.450 e. The highest BCUT2D eigenvalue weighted by atomic mass is 35.5. The first-order valence-electron chi connectivity index (χ1n) is 13.3. The van der Waals surface area contributed by atoms with E-state index in [0.717, 1.165) is 16.7 Å². The highest BCUT2D eigenvalue weighted by Crippen LogP contribution is 2.41. The molecule has 1 saturated heterocycles. The molecule has 0 bridgehead atoms. The number of benzene rings is 4. The molecule has 1 aliphatic rings. The molecule has 0 aliphatic carbocycles. The molecule has 8 heteroatoms. The van der Waals surface area contributed by atoms with Crippen molar-refractivity contribution < 1.29 is 34.0 Å². The smallest absolute Gasteiger partial charge is 0.340 e. The van der Waals surface area contributed by atoms with Gasteiger partial charge in [-0.15, -0.1) is 0 Å². The number of ether oxygens (including phenoxy) is 4. The van der Waals surface area contributed by atoms with E-state index in [1.54, 1.807) is 18.2 Å². The van der Waals surface area contributed by atoms with Gasteiger partial charge in [0, 0.05) is 7.11 Å². The van der Waals surface area contributed by atoms with Crippen LogP contribution in [0.5, 0.6) is 0 Å². The van der Waals surface area contributed by atoms with Crippen LogP contribution >= 0.6 is 11.6 Å². The Bertz CT molecular complexity index is 1320. The average Bonchev–Trinajstić information content (AvgIpc) is 3.02. The predicted octanol–water partition coefficient (Wildman–Crippen LogP) is 4.97. The molecular weight excluding hydrogens is 544 g/mol. The Morgan fingerprint density at radius 1 is 0.780 bits per heavy atom. The van der Waals surface area contributed by atoms with Gasteiger partial charge in [-0.2, -0.15) is 0 Å². The van der Waals surface area contributed by atoms with Crippen molar-refractivity contribution in [3.8, 4) is 0 Å². The van der Waals surface area contributed by atoms with Gasteiger partial charge in [-0.1, -0.05) is 115 Å². The molecule has 5 atom stereocenters. The lowest BCUT2D eigenvalue weighted by atomic mass is 9.80. The molecule has 0 saturated carbocycles. The fourth-order valence-corrected chi connectivity index (χ4v) is 5.36. The van der Waals surface area contributed by atoms with Gasteiger partial charge in [-0.25, -0.2) is 4.79 Å². The maximum Gasteiger partial charge on any atom is 0.340 e. The molecule has 0 amide bonds. The van der Waals surface area contributed by atoms with Crippen LogP contribution in [0.3, 0.4) is 0 Å². The molecule has 0 aromatic heterocycles. The van der Waals surface area contributed by atoms with Crippen LogP contribution < -0.4 is 0 Å². The Morgan fingerprint density at radius 3 is 1.76 bits per heavy atom. The van der Waals surface area contributed by atoms with Crippen molar-refractivity contribution in [2.24, 2.45) is 0 Å². The Hall–Kier alpha value is -3.56. The number of aliphatic hydroxyl groups is 2. The number of aliphatic hydroxyl groups excluding tert-OH is 2. The number of carbonyl (C=O) groups excluding carboxylic acids is 1. The highest BCUT2D eigenvalue weighted by molar-refractivity contribution is 6.33. The topological polar surface area (TPSA) is 94.5 Å². The summed E-state index contributed by atoms with van der Waals surface area (Å²) in [5.74, 6) is -0.775. The van der Waals surface area contributed by atoms with Gasteiger partial charge in [0.05, 0.1) is 17.2 Å². The number of hydrogen-bond donors (Lipinski definition) is 2. The van der Waals surface area contributed by atoms with Crippen LogP contribution in [0, 0.1) is 0 Å². The molecule has 1 aliphatic heterocycles. The minimum atomic E-state index is -1.52. The minimum absolute atomic E-state index is 0.120. The standard InChI is InChI=1S/C33H31ClO7/c1-38-32-30(41-31(37)25-19-11-12-20-26(25)34)29(36)28(35)27(40-32)21-39-33(22-13-5-2-6-14-22,23-15-7-3-8-16-23)24-17-9-4-10-18-24/h2-20,27-30,32,35-36H,21H2,1H3/t27-,28-,29+,30-,32+/m1/s1. The lowest BCUT2D eigenvalue weighted by molar-refractivity contribution is -0.298. The van der Waals surface area contributed by atoms with Gasteiger partial charge >= 0.3 is 5.97 Å². The van der Waals surface area contributed by atoms with Crippen LogP contribution in [0.1, 0.15) is 27.0 Å². The van der Waals surface area contributed by atoms with Crippen LogP contribution in [-0.2, 0) is 24.5 Å². The zero-order valence-corrected chi connectivity index (χ0v) is 23.1. The summed E-state index contributed by atoms with van der Waals surface area (Å²) in [6.07, 6.45) is -6.47. The Morgan fingerprint density at radius 2 is 1.27 bits per heavy atom. The summed E-state index contributed by atoms with van der Waals surface area (Å²) in [6, 6.07) is 35.7. The summed E-state index contributed by atoms with van der Waals surface area (Å²) in [6.45, 7) is -0.123. The SMILES string of the molecule is CO[C@H]1O[C@H](COC(c2ccccc2)(c2ccccc2)c2ccccc2)[C@@H](O)[C@H](O)[C@H]1OC(=O)c1ccccc1Cl. The quantitative estimate of drug-likeness (QED) is 0.215. The van der Waals surface area contributed by atoms with Crippen LogP contribution in [-0.4, -0.2) is 60.6 Å². The predicted molar refractivity (Wildman–Crippen MR) is 153 cm³/mol. The van der Waals surface area contributed by atoms with Crippen molar-refractivity contribution in [1.29, 1.82) is 0 Å². The van der Waals surface area contributed by atoms with E-state index in [4.69, 9.17) is 30.5 Å². The van der Waals surface area contributed by atoms with E-state index >= 15 is 0 Å². The molecule has 7 nitrogen and oxygen atoms in total. The third-order valence-corrected chi connectivity index (χ3v) is 7.55. The maximum absolute atomic E-state index is 12.8. The van der Waals surface area contributed by atoms with Crippen molar-refractivity contribution in [2.45, 2.75) is 36.3 Å². The van der Waals surface area contributed by atoms with Gasteiger partial charge in [0.1, 0.15) is 23.9 Å². The molecule has 4 aromatic rings. The van der Waals surface area contributed by atoms with Crippen molar-refractivity contribution in [2.75, 3.05) is 13.7 Å². The van der Waals surface area contributed by atoms with Crippen LogP contribution in [0.4, 0.5) is 0 Å². The first-order chi connectivity index (χ1) is 20.0. The summed E-state index contributed by atoms with van der Waals surface area (Å²) in [4.78, 5) is 12.8. The highest BCUT2D eigenvalue weighted by Gasteiger charge is 2.48. The number of hydrogen-bond acceptors (Lipinski definition) is 7. The molecule has 212 valence electrons. The van der Waals surface area contributed by atoms with Crippen molar-refractivity contribution in [3.63, 3.8) is 0 Å². The van der Waals surface area contributed by atoms with Crippen molar-refractivity contribution in [1.82, 2.24) is 0 Å². The normalized spacial score (nSPS) is 22.7. The van der Waals surface area contributed by atoms with Gasteiger partial charge in [-0.3, -0.25) is 0 Å². The van der Waals surface area contributed by atoms with Crippen LogP contribution in [0.2, 0.25) is 5.02 Å². The lowest BCUT2D eigenvalue weighted by Crippen LogP contribution is -2.60. The summed E-state index contributed by atoms with van der Waals surface area (Å²) >= 11 is 6.14. The third kappa shape index (κ3) is 5.92. The first-order valence-corrected chi connectivity index (χ1v) is 13.6. The second-order valence-corrected chi connectivity index (χ2v) is 10.1. The molecule has 41 heavy (non-hydrogen) atoms. The van der Waals surface area contributed by atoms with Gasteiger partial charge in [0.25, 0.3) is 0 Å². The molecule has 4 aromatic carbocycles. The van der Waals surface area contributed by atoms with E-state index in [9.17, 15) is 15.0 Å². The molecule has 1 fully saturated rings. The maximum atomic E-state index is 12.8. The fraction of sp³-hybridized carbons (Fsp3) is 0.242. The monoisotopic (exact) mass is 574 g/mol. The molecule has 0 unspecified atom stereocenters. The number of esters is 1. The molecule has 0 spiro atoms. The Balaban J connectivity index is 1.43. The summed E-state index contributed by atoms with van der Waals surface area (Å²) in [7, 11) is 1.37. The fourth-order valence-electron chi connectivity index (χ4n) is 5.15. The van der Waals surface area contributed by atoms with Gasteiger partial charge in [-0.05, 0) is 28.8 Å². The van der Waals surface area contributed by atoms with Crippen molar-refractivity contribution in [3.05, 3.63) is 143 Å². The van der Waals surface area contributed by atoms with Gasteiger partial charge in [0.2, 0.25) is 0 Å². The second kappa shape index (κ2) is 13.0. The zero-order chi connectivity index (χ0) is 28.8. The molecule has 0 radical (unpaired) electrons.